The van der Waals surface area contributed by atoms with Gasteiger partial charge in [-0.25, -0.2) is 9.79 Å². The zero-order valence-electron chi connectivity index (χ0n) is 24.6. The Labute approximate surface area is 251 Å². The molecule has 43 heavy (non-hydrogen) atoms. The molecule has 3 aromatic carbocycles. The van der Waals surface area contributed by atoms with Gasteiger partial charge in [-0.1, -0.05) is 36.4 Å². The van der Waals surface area contributed by atoms with Crippen LogP contribution in [0.15, 0.2) is 77.8 Å². The predicted molar refractivity (Wildman–Crippen MR) is 168 cm³/mol. The Balaban J connectivity index is 1.27. The largest absolute Gasteiger partial charge is 0.494 e. The van der Waals surface area contributed by atoms with Gasteiger partial charge in [0.25, 0.3) is 0 Å². The lowest BCUT2D eigenvalue weighted by Crippen LogP contribution is -2.47. The van der Waals surface area contributed by atoms with Gasteiger partial charge in [0.2, 0.25) is 5.91 Å². The monoisotopic (exact) mass is 579 g/mol. The minimum absolute atomic E-state index is 0.0278. The first-order chi connectivity index (χ1) is 20.9. The molecule has 0 saturated carbocycles. The number of likely N-dealkylation sites (N-methyl/N-ethyl adjacent to an activating group) is 1. The third-order valence-electron chi connectivity index (χ3n) is 8.37. The number of aromatic nitrogens is 1. The standard InChI is InChI=1S/C34H37N5O4/c1-3-43-34(42)24-9-14-28-29(21-24)36-32(40)30(28)31(23-7-5-4-6-8-23)35-26-10-12-27(13-11-26)39-16-15-25(33(39)41)22-38-19-17-37(2)18-20-38/h4-14,21,25,36,40H,3,15-20,22H2,1-2H3/t25-/m1/s1. The fourth-order valence-electron chi connectivity index (χ4n) is 5.97. The highest BCUT2D eigenvalue weighted by atomic mass is 16.5. The highest BCUT2D eigenvalue weighted by molar-refractivity contribution is 6.22. The van der Waals surface area contributed by atoms with Crippen LogP contribution in [0.5, 0.6) is 5.88 Å². The summed E-state index contributed by atoms with van der Waals surface area (Å²) in [6, 6.07) is 22.5. The number of amides is 1. The predicted octanol–water partition coefficient (Wildman–Crippen LogP) is 4.82. The fraction of sp³-hybridized carbons (Fsp3) is 0.324. The number of fused-ring (bicyclic) bond motifs is 1. The number of hydrogen-bond donors (Lipinski definition) is 2. The van der Waals surface area contributed by atoms with Crippen molar-refractivity contribution in [1.82, 2.24) is 14.8 Å². The molecule has 2 N–H and O–H groups in total. The number of rotatable bonds is 8. The summed E-state index contributed by atoms with van der Waals surface area (Å²) >= 11 is 0. The third kappa shape index (κ3) is 6.04. The van der Waals surface area contributed by atoms with Gasteiger partial charge in [-0.05, 0) is 56.8 Å². The second-order valence-electron chi connectivity index (χ2n) is 11.3. The van der Waals surface area contributed by atoms with Gasteiger partial charge < -0.3 is 29.5 Å². The van der Waals surface area contributed by atoms with Crippen LogP contribution in [0.3, 0.4) is 0 Å². The van der Waals surface area contributed by atoms with Crippen LogP contribution in [0.1, 0.15) is 34.8 Å². The molecule has 6 rings (SSSR count). The first-order valence-corrected chi connectivity index (χ1v) is 14.9. The Morgan fingerprint density at radius 1 is 0.977 bits per heavy atom. The third-order valence-corrected chi connectivity index (χ3v) is 8.37. The minimum atomic E-state index is -0.417. The quantitative estimate of drug-likeness (QED) is 0.229. The van der Waals surface area contributed by atoms with E-state index in [0.29, 0.717) is 34.6 Å². The van der Waals surface area contributed by atoms with E-state index in [1.807, 2.05) is 59.5 Å². The van der Waals surface area contributed by atoms with Crippen molar-refractivity contribution in [2.24, 2.45) is 10.9 Å². The highest BCUT2D eigenvalue weighted by Gasteiger charge is 2.34. The zero-order valence-corrected chi connectivity index (χ0v) is 24.6. The molecule has 0 radical (unpaired) electrons. The van der Waals surface area contributed by atoms with Crippen LogP contribution >= 0.6 is 0 Å². The summed E-state index contributed by atoms with van der Waals surface area (Å²) in [5.74, 6) is -0.241. The van der Waals surface area contributed by atoms with E-state index in [0.717, 1.165) is 55.8 Å². The van der Waals surface area contributed by atoms with Gasteiger partial charge in [0, 0.05) is 61.4 Å². The maximum atomic E-state index is 13.3. The van der Waals surface area contributed by atoms with E-state index in [1.165, 1.54) is 0 Å². The molecule has 4 aromatic rings. The maximum absolute atomic E-state index is 13.3. The van der Waals surface area contributed by atoms with Crippen LogP contribution in [-0.2, 0) is 9.53 Å². The molecule has 1 atom stereocenters. The summed E-state index contributed by atoms with van der Waals surface area (Å²) < 4.78 is 5.14. The summed E-state index contributed by atoms with van der Waals surface area (Å²) in [5, 5.41) is 11.8. The molecule has 222 valence electrons. The van der Waals surface area contributed by atoms with Crippen molar-refractivity contribution in [3.05, 3.63) is 89.5 Å². The fourth-order valence-corrected chi connectivity index (χ4v) is 5.97. The van der Waals surface area contributed by atoms with Crippen molar-refractivity contribution >= 4 is 39.9 Å². The van der Waals surface area contributed by atoms with E-state index >= 15 is 0 Å². The molecule has 0 aliphatic carbocycles. The molecule has 9 nitrogen and oxygen atoms in total. The van der Waals surface area contributed by atoms with Crippen molar-refractivity contribution in [3.8, 4) is 5.88 Å². The van der Waals surface area contributed by atoms with Crippen molar-refractivity contribution in [2.75, 3.05) is 57.8 Å². The van der Waals surface area contributed by atoms with Gasteiger partial charge in [-0.15, -0.1) is 0 Å². The Morgan fingerprint density at radius 2 is 1.72 bits per heavy atom. The van der Waals surface area contributed by atoms with E-state index in [1.54, 1.807) is 25.1 Å². The average Bonchev–Trinajstić information content (AvgIpc) is 3.55. The molecule has 2 saturated heterocycles. The molecular weight excluding hydrogens is 542 g/mol. The number of benzene rings is 3. The van der Waals surface area contributed by atoms with Crippen LogP contribution in [0, 0.1) is 5.92 Å². The highest BCUT2D eigenvalue weighted by Crippen LogP contribution is 2.33. The van der Waals surface area contributed by atoms with Crippen LogP contribution in [0.25, 0.3) is 10.9 Å². The second kappa shape index (κ2) is 12.4. The van der Waals surface area contributed by atoms with Crippen LogP contribution < -0.4 is 4.90 Å². The van der Waals surface area contributed by atoms with Gasteiger partial charge in [0.05, 0.1) is 35.1 Å². The Morgan fingerprint density at radius 3 is 2.44 bits per heavy atom. The number of nitrogens with one attached hydrogen (secondary N) is 1. The van der Waals surface area contributed by atoms with Crippen molar-refractivity contribution in [3.63, 3.8) is 0 Å². The molecule has 2 fully saturated rings. The summed E-state index contributed by atoms with van der Waals surface area (Å²) in [7, 11) is 2.14. The van der Waals surface area contributed by atoms with Gasteiger partial charge >= 0.3 is 5.97 Å². The van der Waals surface area contributed by atoms with E-state index in [2.05, 4.69) is 21.8 Å². The number of hydrogen-bond acceptors (Lipinski definition) is 7. The van der Waals surface area contributed by atoms with E-state index in [9.17, 15) is 14.7 Å². The number of nitrogens with zero attached hydrogens (tertiary/aromatic N) is 4. The van der Waals surface area contributed by atoms with Crippen LogP contribution in [0.4, 0.5) is 11.4 Å². The lowest BCUT2D eigenvalue weighted by Gasteiger charge is -2.33. The van der Waals surface area contributed by atoms with Gasteiger partial charge in [-0.2, -0.15) is 0 Å². The number of aromatic amines is 1. The summed E-state index contributed by atoms with van der Waals surface area (Å²) in [6.45, 7) is 7.69. The Hall–Kier alpha value is -4.47. The number of carbonyl (C=O) groups is 2. The number of aromatic hydroxyl groups is 1. The maximum Gasteiger partial charge on any atom is 0.338 e. The molecule has 0 bridgehead atoms. The molecule has 0 spiro atoms. The molecule has 1 aromatic heterocycles. The number of H-pyrrole nitrogens is 1. The first-order valence-electron chi connectivity index (χ1n) is 14.9. The van der Waals surface area contributed by atoms with E-state index < -0.39 is 5.97 Å². The summed E-state index contributed by atoms with van der Waals surface area (Å²) in [6.07, 6.45) is 0.862. The van der Waals surface area contributed by atoms with Gasteiger partial charge in [0.15, 0.2) is 5.88 Å². The van der Waals surface area contributed by atoms with E-state index in [4.69, 9.17) is 9.73 Å². The first kappa shape index (κ1) is 28.6. The Kier molecular flexibility index (Phi) is 8.26. The summed E-state index contributed by atoms with van der Waals surface area (Å²) in [5.41, 5.74) is 4.54. The van der Waals surface area contributed by atoms with Gasteiger partial charge in [-0.3, -0.25) is 4.79 Å². The summed E-state index contributed by atoms with van der Waals surface area (Å²) in [4.78, 5) is 40.2. The lowest BCUT2D eigenvalue weighted by atomic mass is 10.00. The molecule has 0 unspecified atom stereocenters. The minimum Gasteiger partial charge on any atom is -0.494 e. The second-order valence-corrected chi connectivity index (χ2v) is 11.3. The molecule has 2 aliphatic rings. The Bertz CT molecular complexity index is 1640. The van der Waals surface area contributed by atoms with Crippen molar-refractivity contribution in [1.29, 1.82) is 0 Å². The topological polar surface area (TPSA) is 101 Å². The number of aliphatic imine (C=N–C) groups is 1. The number of esters is 1. The van der Waals surface area contributed by atoms with Crippen molar-refractivity contribution < 1.29 is 19.4 Å². The zero-order chi connectivity index (χ0) is 29.9. The number of ether oxygens (including phenoxy) is 1. The molecule has 2 aliphatic heterocycles. The molecule has 9 heteroatoms. The number of anilines is 1. The SMILES string of the molecule is CCOC(=O)c1ccc2c(C(=Nc3ccc(N4CC[C@H](CN5CCN(C)CC5)C4=O)cc3)c3ccccc3)c(O)[nH]c2c1. The van der Waals surface area contributed by atoms with E-state index in [-0.39, 0.29) is 24.3 Å². The smallest absolute Gasteiger partial charge is 0.338 e. The van der Waals surface area contributed by atoms with Crippen molar-refractivity contribution in [2.45, 2.75) is 13.3 Å². The normalized spacial score (nSPS) is 18.5. The van der Waals surface area contributed by atoms with Crippen LogP contribution in [-0.4, -0.2) is 90.4 Å². The molecular formula is C34H37N5O4. The van der Waals surface area contributed by atoms with Crippen LogP contribution in [0.2, 0.25) is 0 Å². The molecule has 1 amide bonds. The number of piperazine rings is 1. The number of carbonyl (C=O) groups excluding carboxylic acids is 2. The molecule has 3 heterocycles. The van der Waals surface area contributed by atoms with Gasteiger partial charge in [0.1, 0.15) is 0 Å². The average molecular weight is 580 g/mol. The lowest BCUT2D eigenvalue weighted by molar-refractivity contribution is -0.121.